The summed E-state index contributed by atoms with van der Waals surface area (Å²) in [6, 6.07) is 8.77. The molecular formula is C24H30Cl2FNO2. The van der Waals surface area contributed by atoms with Crippen LogP contribution < -0.4 is 14.8 Å². The van der Waals surface area contributed by atoms with Crippen LogP contribution in [0.1, 0.15) is 63.0 Å². The largest absolute Gasteiger partial charge is 0.490 e. The van der Waals surface area contributed by atoms with E-state index in [2.05, 4.69) is 5.32 Å². The summed E-state index contributed by atoms with van der Waals surface area (Å²) in [5.74, 6) is 0.686. The zero-order valence-corrected chi connectivity index (χ0v) is 19.0. The Morgan fingerprint density at radius 1 is 0.967 bits per heavy atom. The highest BCUT2D eigenvalue weighted by Crippen LogP contribution is 2.35. The van der Waals surface area contributed by atoms with E-state index in [-0.39, 0.29) is 6.61 Å². The highest BCUT2D eigenvalue weighted by molar-refractivity contribution is 6.31. The lowest BCUT2D eigenvalue weighted by Crippen LogP contribution is -2.29. The van der Waals surface area contributed by atoms with Crippen molar-refractivity contribution in [2.24, 2.45) is 0 Å². The van der Waals surface area contributed by atoms with Crippen molar-refractivity contribution in [3.63, 3.8) is 0 Å². The van der Waals surface area contributed by atoms with Crippen LogP contribution in [0.5, 0.6) is 11.5 Å². The lowest BCUT2D eigenvalue weighted by molar-refractivity contribution is 0.265. The molecule has 0 saturated heterocycles. The van der Waals surface area contributed by atoms with E-state index in [4.69, 9.17) is 32.7 Å². The summed E-state index contributed by atoms with van der Waals surface area (Å²) in [6.45, 7) is 3.09. The van der Waals surface area contributed by atoms with Gasteiger partial charge in [0, 0.05) is 29.2 Å². The van der Waals surface area contributed by atoms with Crippen LogP contribution in [0.3, 0.4) is 0 Å². The highest BCUT2D eigenvalue weighted by atomic mass is 35.5. The van der Waals surface area contributed by atoms with E-state index in [1.165, 1.54) is 51.0 Å². The Bertz CT molecular complexity index is 803. The molecule has 1 aliphatic rings. The third kappa shape index (κ3) is 6.50. The number of hydrogen-bond donors (Lipinski definition) is 1. The van der Waals surface area contributed by atoms with Gasteiger partial charge in [-0.3, -0.25) is 0 Å². The molecule has 30 heavy (non-hydrogen) atoms. The van der Waals surface area contributed by atoms with Crippen molar-refractivity contribution in [3.05, 3.63) is 57.3 Å². The molecule has 1 aliphatic carbocycles. The second-order valence-electron chi connectivity index (χ2n) is 7.74. The molecule has 2 aromatic carbocycles. The fourth-order valence-electron chi connectivity index (χ4n) is 3.83. The van der Waals surface area contributed by atoms with E-state index < -0.39 is 5.82 Å². The molecule has 2 aromatic rings. The second kappa shape index (κ2) is 11.8. The van der Waals surface area contributed by atoms with Crippen LogP contribution in [0.15, 0.2) is 30.3 Å². The maximum atomic E-state index is 14.0. The SMILES string of the molecule is CCOc1cc(CNC2CCCCCCC2)c(Cl)cc1OCc1c(F)cccc1Cl. The van der Waals surface area contributed by atoms with Crippen LogP contribution in [0.25, 0.3) is 0 Å². The van der Waals surface area contributed by atoms with Gasteiger partial charge in [0.1, 0.15) is 12.4 Å². The highest BCUT2D eigenvalue weighted by Gasteiger charge is 2.16. The van der Waals surface area contributed by atoms with Crippen molar-refractivity contribution in [3.8, 4) is 11.5 Å². The van der Waals surface area contributed by atoms with Gasteiger partial charge in [0.05, 0.1) is 11.6 Å². The molecule has 1 saturated carbocycles. The average molecular weight is 454 g/mol. The molecule has 3 rings (SSSR count). The van der Waals surface area contributed by atoms with E-state index in [0.29, 0.717) is 46.3 Å². The van der Waals surface area contributed by atoms with Gasteiger partial charge in [0.2, 0.25) is 0 Å². The number of hydrogen-bond acceptors (Lipinski definition) is 3. The Morgan fingerprint density at radius 3 is 2.37 bits per heavy atom. The first-order valence-corrected chi connectivity index (χ1v) is 11.6. The van der Waals surface area contributed by atoms with Crippen LogP contribution in [-0.2, 0) is 13.2 Å². The third-order valence-corrected chi connectivity index (χ3v) is 6.24. The Hall–Kier alpha value is -1.49. The first-order valence-electron chi connectivity index (χ1n) is 10.8. The van der Waals surface area contributed by atoms with Gasteiger partial charge in [0.15, 0.2) is 11.5 Å². The molecule has 3 nitrogen and oxygen atoms in total. The normalized spacial score (nSPS) is 15.5. The summed E-state index contributed by atoms with van der Waals surface area (Å²) in [5.41, 5.74) is 1.28. The van der Waals surface area contributed by atoms with E-state index >= 15 is 0 Å². The van der Waals surface area contributed by atoms with Crippen LogP contribution >= 0.6 is 23.2 Å². The minimum Gasteiger partial charge on any atom is -0.490 e. The molecule has 1 N–H and O–H groups in total. The standard InChI is InChI=1S/C24H30Cl2FNO2/c1-2-29-23-13-17(15-28-18-9-6-4-3-5-7-10-18)21(26)14-24(23)30-16-19-20(25)11-8-12-22(19)27/h8,11-14,18,28H,2-7,9-10,15-16H2,1H3. The summed E-state index contributed by atoms with van der Waals surface area (Å²) >= 11 is 12.7. The fourth-order valence-corrected chi connectivity index (χ4v) is 4.27. The summed E-state index contributed by atoms with van der Waals surface area (Å²) in [5, 5.41) is 4.60. The Kier molecular flexibility index (Phi) is 9.10. The summed E-state index contributed by atoms with van der Waals surface area (Å²) in [4.78, 5) is 0. The molecule has 0 spiro atoms. The number of rotatable bonds is 8. The molecule has 0 unspecified atom stereocenters. The van der Waals surface area contributed by atoms with E-state index in [9.17, 15) is 4.39 Å². The molecular weight excluding hydrogens is 424 g/mol. The summed E-state index contributed by atoms with van der Waals surface area (Å²) < 4.78 is 25.7. The van der Waals surface area contributed by atoms with Gasteiger partial charge in [-0.15, -0.1) is 0 Å². The van der Waals surface area contributed by atoms with Gasteiger partial charge >= 0.3 is 0 Å². The first kappa shape index (κ1) is 23.2. The van der Waals surface area contributed by atoms with Gasteiger partial charge in [-0.2, -0.15) is 0 Å². The zero-order chi connectivity index (χ0) is 21.3. The lowest BCUT2D eigenvalue weighted by atomic mass is 9.96. The predicted molar refractivity (Wildman–Crippen MR) is 121 cm³/mol. The maximum absolute atomic E-state index is 14.0. The molecule has 0 bridgehead atoms. The molecule has 0 aromatic heterocycles. The smallest absolute Gasteiger partial charge is 0.163 e. The first-order chi connectivity index (χ1) is 14.6. The minimum atomic E-state index is -0.397. The quantitative estimate of drug-likeness (QED) is 0.454. The lowest BCUT2D eigenvalue weighted by Gasteiger charge is -2.22. The zero-order valence-electron chi connectivity index (χ0n) is 17.5. The maximum Gasteiger partial charge on any atom is 0.163 e. The second-order valence-corrected chi connectivity index (χ2v) is 8.55. The van der Waals surface area contributed by atoms with Crippen LogP contribution in [0.2, 0.25) is 10.0 Å². The molecule has 164 valence electrons. The summed E-state index contributed by atoms with van der Waals surface area (Å²) in [7, 11) is 0. The number of benzene rings is 2. The average Bonchev–Trinajstić information content (AvgIpc) is 2.69. The van der Waals surface area contributed by atoms with Crippen molar-refractivity contribution in [2.45, 2.75) is 71.1 Å². The summed E-state index contributed by atoms with van der Waals surface area (Å²) in [6.07, 6.45) is 8.98. The van der Waals surface area contributed by atoms with E-state index in [1.54, 1.807) is 18.2 Å². The number of halogens is 3. The van der Waals surface area contributed by atoms with Crippen molar-refractivity contribution in [1.29, 1.82) is 0 Å². The monoisotopic (exact) mass is 453 g/mol. The molecule has 0 radical (unpaired) electrons. The molecule has 0 heterocycles. The van der Waals surface area contributed by atoms with Gasteiger partial charge < -0.3 is 14.8 Å². The molecule has 6 heteroatoms. The van der Waals surface area contributed by atoms with Gasteiger partial charge in [-0.05, 0) is 43.5 Å². The van der Waals surface area contributed by atoms with Gasteiger partial charge in [0.25, 0.3) is 0 Å². The minimum absolute atomic E-state index is 0.00157. The van der Waals surface area contributed by atoms with Crippen LogP contribution in [0.4, 0.5) is 4.39 Å². The van der Waals surface area contributed by atoms with Gasteiger partial charge in [-0.25, -0.2) is 4.39 Å². The van der Waals surface area contributed by atoms with Crippen LogP contribution in [-0.4, -0.2) is 12.6 Å². The van der Waals surface area contributed by atoms with Crippen molar-refractivity contribution in [1.82, 2.24) is 5.32 Å². The van der Waals surface area contributed by atoms with Crippen LogP contribution in [0, 0.1) is 5.82 Å². The third-order valence-electron chi connectivity index (χ3n) is 5.53. The van der Waals surface area contributed by atoms with Crippen molar-refractivity contribution in [2.75, 3.05) is 6.61 Å². The molecule has 1 fully saturated rings. The Balaban J connectivity index is 1.70. The topological polar surface area (TPSA) is 30.5 Å². The molecule has 0 aliphatic heterocycles. The molecule has 0 atom stereocenters. The fraction of sp³-hybridized carbons (Fsp3) is 0.500. The Morgan fingerprint density at radius 2 is 1.67 bits per heavy atom. The van der Waals surface area contributed by atoms with Gasteiger partial charge in [-0.1, -0.05) is 61.4 Å². The molecule has 0 amide bonds. The Labute approximate surface area is 188 Å². The predicted octanol–water partition coefficient (Wildman–Crippen LogP) is 7.31. The van der Waals surface area contributed by atoms with Crippen molar-refractivity contribution < 1.29 is 13.9 Å². The van der Waals surface area contributed by atoms with E-state index in [0.717, 1.165) is 5.56 Å². The number of ether oxygens (including phenoxy) is 2. The number of nitrogens with one attached hydrogen (secondary N) is 1. The van der Waals surface area contributed by atoms with Crippen molar-refractivity contribution >= 4 is 23.2 Å². The van der Waals surface area contributed by atoms with E-state index in [1.807, 2.05) is 13.0 Å².